The van der Waals surface area contributed by atoms with Crippen molar-refractivity contribution < 1.29 is 14.4 Å². The maximum atomic E-state index is 11.9. The fraction of sp³-hybridized carbons (Fsp3) is 0.500. The summed E-state index contributed by atoms with van der Waals surface area (Å²) in [5.41, 5.74) is 2.34. The maximum Gasteiger partial charge on any atom is 0.335 e. The van der Waals surface area contributed by atoms with Gasteiger partial charge in [0.2, 0.25) is 0 Å². The lowest BCUT2D eigenvalue weighted by atomic mass is 10.1. The number of urea groups is 1. The largest absolute Gasteiger partial charge is 0.372 e. The molecule has 0 spiro atoms. The smallest absolute Gasteiger partial charge is 0.335 e. The maximum absolute atomic E-state index is 11.9. The van der Waals surface area contributed by atoms with Gasteiger partial charge in [-0.3, -0.25) is 19.4 Å². The van der Waals surface area contributed by atoms with Gasteiger partial charge in [0.1, 0.15) is 0 Å². The van der Waals surface area contributed by atoms with Crippen LogP contribution in [0.5, 0.6) is 0 Å². The molecule has 2 heterocycles. The molecule has 0 aliphatic carbocycles. The molecule has 0 bridgehead atoms. The number of carbonyl (C=O) groups is 3. The van der Waals surface area contributed by atoms with Crippen molar-refractivity contribution in [1.82, 2.24) is 14.7 Å². The minimum Gasteiger partial charge on any atom is -0.372 e. The highest BCUT2D eigenvalue weighted by Gasteiger charge is 2.42. The van der Waals surface area contributed by atoms with Crippen LogP contribution in [0.2, 0.25) is 0 Å². The molecule has 2 aliphatic heterocycles. The first-order valence-corrected chi connectivity index (χ1v) is 8.63. The number of hydrogen-bond acceptors (Lipinski definition) is 5. The summed E-state index contributed by atoms with van der Waals surface area (Å²) < 4.78 is 0. The minimum atomic E-state index is -0.774. The van der Waals surface area contributed by atoms with Gasteiger partial charge >= 0.3 is 17.8 Å². The van der Waals surface area contributed by atoms with Crippen LogP contribution in [-0.2, 0) is 16.1 Å². The topological polar surface area (TPSA) is 64.2 Å². The molecule has 3 rings (SSSR count). The van der Waals surface area contributed by atoms with Gasteiger partial charge in [-0.05, 0) is 44.0 Å². The molecule has 25 heavy (non-hydrogen) atoms. The second-order valence-corrected chi connectivity index (χ2v) is 6.75. The highest BCUT2D eigenvalue weighted by atomic mass is 16.2. The second-order valence-electron chi connectivity index (χ2n) is 6.75. The summed E-state index contributed by atoms with van der Waals surface area (Å²) in [6.07, 6.45) is 3.80. The van der Waals surface area contributed by atoms with Gasteiger partial charge in [0, 0.05) is 32.4 Å². The van der Waals surface area contributed by atoms with Crippen molar-refractivity contribution in [3.05, 3.63) is 29.8 Å². The molecular formula is C18H24N4O3. The average Bonchev–Trinajstić information content (AvgIpc) is 2.81. The Kier molecular flexibility index (Phi) is 5.03. The highest BCUT2D eigenvalue weighted by molar-refractivity contribution is 6.44. The SMILES string of the molecule is CN(Cc1ccc(N2CCCCC2)cc1)CN1C(=O)C(=O)N(C)C1=O. The van der Waals surface area contributed by atoms with Gasteiger partial charge in [-0.25, -0.2) is 9.69 Å². The van der Waals surface area contributed by atoms with Crippen LogP contribution in [0.15, 0.2) is 24.3 Å². The van der Waals surface area contributed by atoms with Crippen LogP contribution in [-0.4, -0.2) is 66.4 Å². The average molecular weight is 344 g/mol. The number of amides is 4. The van der Waals surface area contributed by atoms with E-state index in [1.54, 1.807) is 0 Å². The van der Waals surface area contributed by atoms with Gasteiger partial charge in [-0.15, -0.1) is 0 Å². The van der Waals surface area contributed by atoms with Gasteiger partial charge in [0.05, 0.1) is 6.67 Å². The first-order chi connectivity index (χ1) is 12.0. The van der Waals surface area contributed by atoms with E-state index in [2.05, 4.69) is 29.2 Å². The minimum absolute atomic E-state index is 0.0988. The quantitative estimate of drug-likeness (QED) is 0.598. The Labute approximate surface area is 147 Å². The number of piperidine rings is 1. The van der Waals surface area contributed by atoms with Gasteiger partial charge in [0.25, 0.3) is 0 Å². The Bertz CT molecular complexity index is 667. The summed E-state index contributed by atoms with van der Waals surface area (Å²) in [5.74, 6) is -1.54. The van der Waals surface area contributed by atoms with Crippen molar-refractivity contribution in [2.75, 3.05) is 38.8 Å². The van der Waals surface area contributed by atoms with Crippen LogP contribution in [0.1, 0.15) is 24.8 Å². The molecule has 0 N–H and O–H groups in total. The summed E-state index contributed by atoms with van der Waals surface area (Å²) >= 11 is 0. The molecule has 2 saturated heterocycles. The van der Waals surface area contributed by atoms with Crippen LogP contribution in [0.25, 0.3) is 0 Å². The summed E-state index contributed by atoms with van der Waals surface area (Å²) in [6, 6.07) is 7.83. The number of benzene rings is 1. The molecule has 2 aliphatic rings. The summed E-state index contributed by atoms with van der Waals surface area (Å²) in [5, 5.41) is 0. The van der Waals surface area contributed by atoms with Gasteiger partial charge in [-0.2, -0.15) is 0 Å². The standard InChI is InChI=1S/C18H24N4O3/c1-19(13-22-17(24)16(23)20(2)18(22)25)12-14-6-8-15(9-7-14)21-10-4-3-5-11-21/h6-9H,3-5,10-13H2,1-2H3. The predicted octanol–water partition coefficient (Wildman–Crippen LogP) is 1.49. The van der Waals surface area contributed by atoms with Crippen LogP contribution in [0, 0.1) is 0 Å². The Balaban J connectivity index is 1.57. The zero-order valence-electron chi connectivity index (χ0n) is 14.8. The van der Waals surface area contributed by atoms with E-state index in [1.807, 2.05) is 11.9 Å². The first kappa shape index (κ1) is 17.4. The van der Waals surface area contributed by atoms with Gasteiger partial charge in [0.15, 0.2) is 0 Å². The van der Waals surface area contributed by atoms with Crippen LogP contribution in [0.3, 0.4) is 0 Å². The molecular weight excluding hydrogens is 320 g/mol. The van der Waals surface area contributed by atoms with E-state index < -0.39 is 17.8 Å². The molecule has 2 fully saturated rings. The lowest BCUT2D eigenvalue weighted by molar-refractivity contribution is -0.143. The molecule has 4 amide bonds. The Morgan fingerprint density at radius 1 is 0.960 bits per heavy atom. The van der Waals surface area contributed by atoms with E-state index in [4.69, 9.17) is 0 Å². The molecule has 7 heteroatoms. The molecule has 0 radical (unpaired) electrons. The number of rotatable bonds is 5. The number of carbonyl (C=O) groups excluding carboxylic acids is 3. The van der Waals surface area contributed by atoms with Crippen molar-refractivity contribution in [2.24, 2.45) is 0 Å². The lowest BCUT2D eigenvalue weighted by Gasteiger charge is -2.29. The van der Waals surface area contributed by atoms with Gasteiger partial charge < -0.3 is 4.90 Å². The number of likely N-dealkylation sites (N-methyl/N-ethyl adjacent to an activating group) is 1. The Hall–Kier alpha value is -2.41. The fourth-order valence-electron chi connectivity index (χ4n) is 3.31. The van der Waals surface area contributed by atoms with E-state index in [0.29, 0.717) is 6.54 Å². The van der Waals surface area contributed by atoms with Gasteiger partial charge in [-0.1, -0.05) is 12.1 Å². The third-order valence-electron chi connectivity index (χ3n) is 4.74. The first-order valence-electron chi connectivity index (χ1n) is 8.63. The predicted molar refractivity (Wildman–Crippen MR) is 93.9 cm³/mol. The highest BCUT2D eigenvalue weighted by Crippen LogP contribution is 2.20. The number of hydrogen-bond donors (Lipinski definition) is 0. The molecule has 0 saturated carbocycles. The molecule has 0 unspecified atom stereocenters. The summed E-state index contributed by atoms with van der Waals surface area (Å²) in [7, 11) is 3.14. The number of nitrogens with zero attached hydrogens (tertiary/aromatic N) is 4. The molecule has 0 aromatic heterocycles. The zero-order chi connectivity index (χ0) is 18.0. The summed E-state index contributed by atoms with van der Waals surface area (Å²) in [6.45, 7) is 2.91. The van der Waals surface area contributed by atoms with Crippen LogP contribution < -0.4 is 4.90 Å². The molecule has 134 valence electrons. The number of imide groups is 2. The Morgan fingerprint density at radius 3 is 2.16 bits per heavy atom. The molecule has 1 aromatic rings. The fourth-order valence-corrected chi connectivity index (χ4v) is 3.31. The third-order valence-corrected chi connectivity index (χ3v) is 4.74. The summed E-state index contributed by atoms with van der Waals surface area (Å²) in [4.78, 5) is 41.3. The third kappa shape index (κ3) is 3.66. The van der Waals surface area contributed by atoms with Crippen molar-refractivity contribution in [3.63, 3.8) is 0 Å². The molecule has 1 aromatic carbocycles. The zero-order valence-corrected chi connectivity index (χ0v) is 14.8. The van der Waals surface area contributed by atoms with Crippen LogP contribution >= 0.6 is 0 Å². The van der Waals surface area contributed by atoms with Crippen LogP contribution in [0.4, 0.5) is 10.5 Å². The van der Waals surface area contributed by atoms with E-state index in [0.717, 1.165) is 28.5 Å². The van der Waals surface area contributed by atoms with E-state index in [9.17, 15) is 14.4 Å². The van der Waals surface area contributed by atoms with E-state index in [-0.39, 0.29) is 6.67 Å². The second kappa shape index (κ2) is 7.23. The van der Waals surface area contributed by atoms with E-state index in [1.165, 1.54) is 32.0 Å². The lowest BCUT2D eigenvalue weighted by Crippen LogP contribution is -2.40. The number of anilines is 1. The van der Waals surface area contributed by atoms with Crippen molar-refractivity contribution in [1.29, 1.82) is 0 Å². The van der Waals surface area contributed by atoms with Crippen molar-refractivity contribution >= 4 is 23.5 Å². The molecule has 0 atom stereocenters. The monoisotopic (exact) mass is 344 g/mol. The Morgan fingerprint density at radius 2 is 1.60 bits per heavy atom. The van der Waals surface area contributed by atoms with Crippen molar-refractivity contribution in [2.45, 2.75) is 25.8 Å². The molecule has 7 nitrogen and oxygen atoms in total. The van der Waals surface area contributed by atoms with Crippen molar-refractivity contribution in [3.8, 4) is 0 Å². The van der Waals surface area contributed by atoms with E-state index >= 15 is 0 Å². The normalized spacial score (nSPS) is 18.7.